The van der Waals surface area contributed by atoms with Crippen molar-refractivity contribution in [3.05, 3.63) is 11.6 Å². The number of carbonyl (C=O) groups is 1. The van der Waals surface area contributed by atoms with Crippen LogP contribution in [-0.4, -0.2) is 20.7 Å². The molecule has 1 fully saturated rings. The standard InChI is InChI=1S/C18H32O2Si/c1-7-13-10-14(12-20-21(5,6)18(2,3)4)15-8-9-17(19)16(15)11-13/h10,13,15-16H,7-9,11-12H2,1-6H3/t13-,15+,16-/m0/s1. The van der Waals surface area contributed by atoms with Crippen molar-refractivity contribution in [2.45, 2.75) is 71.5 Å². The molecule has 0 aromatic heterocycles. The predicted octanol–water partition coefficient (Wildman–Crippen LogP) is 4.96. The van der Waals surface area contributed by atoms with Crippen LogP contribution < -0.4 is 0 Å². The molecule has 0 aliphatic heterocycles. The average Bonchev–Trinajstić information content (AvgIpc) is 2.76. The lowest BCUT2D eigenvalue weighted by Gasteiger charge is -2.38. The van der Waals surface area contributed by atoms with E-state index in [4.69, 9.17) is 4.43 Å². The number of hydrogen-bond donors (Lipinski definition) is 0. The minimum Gasteiger partial charge on any atom is -0.413 e. The summed E-state index contributed by atoms with van der Waals surface area (Å²) in [6.07, 6.45) is 6.48. The fraction of sp³-hybridized carbons (Fsp3) is 0.833. The first-order valence-electron chi connectivity index (χ1n) is 8.53. The molecule has 0 radical (unpaired) electrons. The van der Waals surface area contributed by atoms with Gasteiger partial charge in [0.1, 0.15) is 5.78 Å². The maximum absolute atomic E-state index is 12.1. The van der Waals surface area contributed by atoms with Crippen LogP contribution in [0.2, 0.25) is 18.1 Å². The van der Waals surface area contributed by atoms with Gasteiger partial charge in [-0.2, -0.15) is 0 Å². The molecular weight excluding hydrogens is 276 g/mol. The van der Waals surface area contributed by atoms with Crippen LogP contribution in [0.4, 0.5) is 0 Å². The van der Waals surface area contributed by atoms with E-state index in [1.54, 1.807) is 0 Å². The molecule has 2 aliphatic rings. The Hall–Kier alpha value is -0.413. The quantitative estimate of drug-likeness (QED) is 0.542. The molecule has 0 bridgehead atoms. The highest BCUT2D eigenvalue weighted by molar-refractivity contribution is 6.74. The van der Waals surface area contributed by atoms with E-state index < -0.39 is 8.32 Å². The Morgan fingerprint density at radius 1 is 1.29 bits per heavy atom. The van der Waals surface area contributed by atoms with Gasteiger partial charge in [0.25, 0.3) is 0 Å². The van der Waals surface area contributed by atoms with Gasteiger partial charge >= 0.3 is 0 Å². The third-order valence-electron chi connectivity index (χ3n) is 6.01. The van der Waals surface area contributed by atoms with Crippen LogP contribution in [0.25, 0.3) is 0 Å². The normalized spacial score (nSPS) is 30.3. The van der Waals surface area contributed by atoms with Gasteiger partial charge in [-0.25, -0.2) is 0 Å². The highest BCUT2D eigenvalue weighted by Crippen LogP contribution is 2.44. The lowest BCUT2D eigenvalue weighted by molar-refractivity contribution is -0.121. The summed E-state index contributed by atoms with van der Waals surface area (Å²) < 4.78 is 6.43. The number of ketones is 1. The Labute approximate surface area is 131 Å². The molecule has 2 rings (SSSR count). The van der Waals surface area contributed by atoms with Crippen LogP contribution in [0, 0.1) is 17.8 Å². The zero-order valence-corrected chi connectivity index (χ0v) is 15.7. The molecule has 2 aliphatic carbocycles. The molecule has 0 unspecified atom stereocenters. The zero-order chi connectivity index (χ0) is 15.8. The summed E-state index contributed by atoms with van der Waals surface area (Å²) in [4.78, 5) is 12.1. The van der Waals surface area contributed by atoms with Gasteiger partial charge in [0.05, 0.1) is 6.61 Å². The number of fused-ring (bicyclic) bond motifs is 1. The maximum atomic E-state index is 12.1. The predicted molar refractivity (Wildman–Crippen MR) is 90.9 cm³/mol. The van der Waals surface area contributed by atoms with Crippen molar-refractivity contribution in [1.82, 2.24) is 0 Å². The van der Waals surface area contributed by atoms with Crippen LogP contribution in [0.5, 0.6) is 0 Å². The fourth-order valence-corrected chi connectivity index (χ4v) is 4.35. The van der Waals surface area contributed by atoms with E-state index >= 15 is 0 Å². The Morgan fingerprint density at radius 3 is 2.52 bits per heavy atom. The van der Waals surface area contributed by atoms with E-state index in [0.717, 1.165) is 32.3 Å². The molecule has 21 heavy (non-hydrogen) atoms. The van der Waals surface area contributed by atoms with Crippen LogP contribution in [-0.2, 0) is 9.22 Å². The molecule has 0 heterocycles. The monoisotopic (exact) mass is 308 g/mol. The minimum absolute atomic E-state index is 0.247. The van der Waals surface area contributed by atoms with Crippen molar-refractivity contribution >= 4 is 14.1 Å². The van der Waals surface area contributed by atoms with Crippen molar-refractivity contribution in [1.29, 1.82) is 0 Å². The Balaban J connectivity index is 2.10. The molecule has 0 amide bonds. The second-order valence-corrected chi connectivity index (χ2v) is 13.2. The first kappa shape index (κ1) is 16.9. The Kier molecular flexibility index (Phi) is 4.84. The molecule has 0 aromatic rings. The van der Waals surface area contributed by atoms with Crippen molar-refractivity contribution in [2.24, 2.45) is 17.8 Å². The van der Waals surface area contributed by atoms with Gasteiger partial charge in [-0.1, -0.05) is 33.8 Å². The summed E-state index contributed by atoms with van der Waals surface area (Å²) in [5.74, 6) is 1.84. The van der Waals surface area contributed by atoms with E-state index in [9.17, 15) is 4.79 Å². The second-order valence-electron chi connectivity index (χ2n) is 8.41. The SMILES string of the molecule is CC[C@H]1C=C(CO[Si](C)(C)C(C)(C)C)[C@H]2CCC(=O)[C@H]2C1. The molecule has 1 saturated carbocycles. The molecule has 0 aromatic carbocycles. The maximum Gasteiger partial charge on any atom is 0.192 e. The fourth-order valence-electron chi connectivity index (χ4n) is 3.39. The Morgan fingerprint density at radius 2 is 1.95 bits per heavy atom. The molecule has 3 heteroatoms. The first-order valence-corrected chi connectivity index (χ1v) is 11.4. The smallest absolute Gasteiger partial charge is 0.192 e. The highest BCUT2D eigenvalue weighted by Gasteiger charge is 2.42. The minimum atomic E-state index is -1.71. The van der Waals surface area contributed by atoms with Gasteiger partial charge in [0, 0.05) is 12.3 Å². The largest absolute Gasteiger partial charge is 0.413 e. The van der Waals surface area contributed by atoms with E-state index in [0.29, 0.717) is 17.6 Å². The summed E-state index contributed by atoms with van der Waals surface area (Å²) in [6.45, 7) is 14.5. The van der Waals surface area contributed by atoms with E-state index in [2.05, 4.69) is 46.9 Å². The zero-order valence-electron chi connectivity index (χ0n) is 14.7. The number of allylic oxidation sites excluding steroid dienone is 1. The first-order chi connectivity index (χ1) is 9.65. The number of hydrogen-bond acceptors (Lipinski definition) is 2. The third kappa shape index (κ3) is 3.50. The molecule has 2 nitrogen and oxygen atoms in total. The molecule has 3 atom stereocenters. The molecule has 0 saturated heterocycles. The van der Waals surface area contributed by atoms with Crippen LogP contribution >= 0.6 is 0 Å². The van der Waals surface area contributed by atoms with E-state index in [1.165, 1.54) is 5.57 Å². The van der Waals surface area contributed by atoms with Crippen LogP contribution in [0.1, 0.15) is 53.4 Å². The third-order valence-corrected chi connectivity index (χ3v) is 10.5. The summed E-state index contributed by atoms with van der Waals surface area (Å²) in [5.41, 5.74) is 1.42. The lowest BCUT2D eigenvalue weighted by atomic mass is 9.75. The van der Waals surface area contributed by atoms with Crippen LogP contribution in [0.15, 0.2) is 11.6 Å². The van der Waals surface area contributed by atoms with Gasteiger partial charge in [-0.3, -0.25) is 4.79 Å². The molecule has 0 spiro atoms. The topological polar surface area (TPSA) is 26.3 Å². The van der Waals surface area contributed by atoms with Gasteiger partial charge < -0.3 is 4.43 Å². The Bertz CT molecular complexity index is 431. The van der Waals surface area contributed by atoms with Crippen molar-refractivity contribution in [3.8, 4) is 0 Å². The summed E-state index contributed by atoms with van der Waals surface area (Å²) in [7, 11) is -1.71. The molecule has 120 valence electrons. The van der Waals surface area contributed by atoms with Crippen LogP contribution in [0.3, 0.4) is 0 Å². The second kappa shape index (κ2) is 6.00. The lowest BCUT2D eigenvalue weighted by Crippen LogP contribution is -2.42. The van der Waals surface area contributed by atoms with Gasteiger partial charge in [0.2, 0.25) is 0 Å². The number of Topliss-reactive ketones (excluding diaryl/α,β-unsaturated/α-hetero) is 1. The van der Waals surface area contributed by atoms with Gasteiger partial charge in [-0.05, 0) is 54.8 Å². The number of rotatable bonds is 4. The number of carbonyl (C=O) groups excluding carboxylic acids is 1. The molecular formula is C18H32O2Si. The van der Waals surface area contributed by atoms with Crippen molar-refractivity contribution < 1.29 is 9.22 Å². The highest BCUT2D eigenvalue weighted by atomic mass is 28.4. The average molecular weight is 309 g/mol. The summed E-state index contributed by atoms with van der Waals surface area (Å²) >= 11 is 0. The van der Waals surface area contributed by atoms with E-state index in [1.807, 2.05) is 0 Å². The van der Waals surface area contributed by atoms with E-state index in [-0.39, 0.29) is 11.0 Å². The molecule has 0 N–H and O–H groups in total. The van der Waals surface area contributed by atoms with Gasteiger partial charge in [-0.15, -0.1) is 0 Å². The van der Waals surface area contributed by atoms with Crippen molar-refractivity contribution in [3.63, 3.8) is 0 Å². The summed E-state index contributed by atoms with van der Waals surface area (Å²) in [5, 5.41) is 0.247. The van der Waals surface area contributed by atoms with Crippen molar-refractivity contribution in [2.75, 3.05) is 6.61 Å². The van der Waals surface area contributed by atoms with Gasteiger partial charge in [0.15, 0.2) is 8.32 Å². The summed E-state index contributed by atoms with van der Waals surface area (Å²) in [6, 6.07) is 0.